The number of hydrogen-bond acceptors (Lipinski definition) is 4. The normalized spacial score (nSPS) is 17.9. The van der Waals surface area contributed by atoms with Gasteiger partial charge in [0.15, 0.2) is 0 Å². The molecule has 0 aromatic carbocycles. The van der Waals surface area contributed by atoms with Crippen molar-refractivity contribution in [1.82, 2.24) is 15.4 Å². The zero-order chi connectivity index (χ0) is 14.1. The highest BCUT2D eigenvalue weighted by molar-refractivity contribution is 7.88. The molecule has 7 heteroatoms. The standard InChI is InChI=1S/C12H25N3O3S/c1-19(17,18)14-9-8-13-10-12(16)15-11-6-4-2-3-5-7-11/h11,13-14H,2-10H2,1H3,(H,15,16). The topological polar surface area (TPSA) is 87.3 Å². The number of sulfonamides is 1. The van der Waals surface area contributed by atoms with Crippen molar-refractivity contribution in [2.24, 2.45) is 0 Å². The van der Waals surface area contributed by atoms with Crippen LogP contribution in [0.3, 0.4) is 0 Å². The summed E-state index contributed by atoms with van der Waals surface area (Å²) in [5.74, 6) is -0.00810. The van der Waals surface area contributed by atoms with Gasteiger partial charge in [-0.05, 0) is 12.8 Å². The number of amides is 1. The first-order valence-electron chi connectivity index (χ1n) is 6.92. The molecule has 3 N–H and O–H groups in total. The molecule has 0 unspecified atom stereocenters. The van der Waals surface area contributed by atoms with Gasteiger partial charge < -0.3 is 10.6 Å². The van der Waals surface area contributed by atoms with Gasteiger partial charge in [-0.3, -0.25) is 4.79 Å². The number of carbonyl (C=O) groups is 1. The SMILES string of the molecule is CS(=O)(=O)NCCNCC(=O)NC1CCCCCC1. The highest BCUT2D eigenvalue weighted by atomic mass is 32.2. The van der Waals surface area contributed by atoms with Crippen molar-refractivity contribution in [1.29, 1.82) is 0 Å². The van der Waals surface area contributed by atoms with E-state index in [1.807, 2.05) is 0 Å². The average molecular weight is 291 g/mol. The van der Waals surface area contributed by atoms with Gasteiger partial charge in [0.1, 0.15) is 0 Å². The smallest absolute Gasteiger partial charge is 0.234 e. The van der Waals surface area contributed by atoms with Gasteiger partial charge in [-0.2, -0.15) is 0 Å². The van der Waals surface area contributed by atoms with Crippen LogP contribution in [0.1, 0.15) is 38.5 Å². The lowest BCUT2D eigenvalue weighted by molar-refractivity contribution is -0.121. The van der Waals surface area contributed by atoms with Crippen molar-refractivity contribution >= 4 is 15.9 Å². The van der Waals surface area contributed by atoms with E-state index in [1.54, 1.807) is 0 Å². The monoisotopic (exact) mass is 291 g/mol. The number of hydrogen-bond donors (Lipinski definition) is 3. The summed E-state index contributed by atoms with van der Waals surface area (Å²) < 4.78 is 24.0. The lowest BCUT2D eigenvalue weighted by atomic mass is 10.1. The summed E-state index contributed by atoms with van der Waals surface area (Å²) in [6, 6.07) is 0.311. The molecule has 1 fully saturated rings. The number of rotatable bonds is 7. The quantitative estimate of drug-likeness (QED) is 0.454. The first kappa shape index (κ1) is 16.4. The van der Waals surface area contributed by atoms with Gasteiger partial charge >= 0.3 is 0 Å². The first-order chi connectivity index (χ1) is 8.97. The van der Waals surface area contributed by atoms with Gasteiger partial charge in [-0.25, -0.2) is 13.1 Å². The van der Waals surface area contributed by atoms with Crippen molar-refractivity contribution in [2.45, 2.75) is 44.6 Å². The molecule has 0 aromatic heterocycles. The van der Waals surface area contributed by atoms with Crippen LogP contribution in [0.5, 0.6) is 0 Å². The Morgan fingerprint density at radius 3 is 2.32 bits per heavy atom. The largest absolute Gasteiger partial charge is 0.352 e. The molecule has 1 saturated carbocycles. The van der Waals surface area contributed by atoms with Crippen molar-refractivity contribution in [3.63, 3.8) is 0 Å². The molecule has 0 aliphatic heterocycles. The maximum absolute atomic E-state index is 11.7. The Morgan fingerprint density at radius 2 is 1.74 bits per heavy atom. The molecule has 19 heavy (non-hydrogen) atoms. The molecule has 1 rings (SSSR count). The van der Waals surface area contributed by atoms with E-state index in [1.165, 1.54) is 25.7 Å². The van der Waals surface area contributed by atoms with Crippen molar-refractivity contribution in [2.75, 3.05) is 25.9 Å². The Morgan fingerprint density at radius 1 is 1.11 bits per heavy atom. The van der Waals surface area contributed by atoms with Crippen LogP contribution in [0.2, 0.25) is 0 Å². The second-order valence-corrected chi connectivity index (χ2v) is 6.93. The maximum atomic E-state index is 11.7. The molecule has 0 radical (unpaired) electrons. The van der Waals surface area contributed by atoms with Crippen LogP contribution in [0.4, 0.5) is 0 Å². The Hall–Kier alpha value is -0.660. The Labute approximate surface area is 115 Å². The third kappa shape index (κ3) is 8.96. The summed E-state index contributed by atoms with van der Waals surface area (Å²) in [7, 11) is -3.14. The fourth-order valence-corrected chi connectivity index (χ4v) is 2.70. The van der Waals surface area contributed by atoms with Gasteiger partial charge in [-0.1, -0.05) is 25.7 Å². The van der Waals surface area contributed by atoms with Crippen molar-refractivity contribution in [3.05, 3.63) is 0 Å². The lowest BCUT2D eigenvalue weighted by Gasteiger charge is -2.16. The third-order valence-electron chi connectivity index (χ3n) is 3.17. The minimum absolute atomic E-state index is 0.00810. The maximum Gasteiger partial charge on any atom is 0.234 e. The molecule has 0 bridgehead atoms. The summed E-state index contributed by atoms with van der Waals surface area (Å²) in [5, 5.41) is 5.95. The minimum atomic E-state index is -3.14. The van der Waals surface area contributed by atoms with Crippen LogP contribution < -0.4 is 15.4 Å². The van der Waals surface area contributed by atoms with Crippen LogP contribution in [-0.4, -0.2) is 46.3 Å². The van der Waals surface area contributed by atoms with Crippen LogP contribution in [0, 0.1) is 0 Å². The van der Waals surface area contributed by atoms with Crippen molar-refractivity contribution < 1.29 is 13.2 Å². The molecule has 0 aromatic rings. The first-order valence-corrected chi connectivity index (χ1v) is 8.81. The van der Waals surface area contributed by atoms with Gasteiger partial charge in [-0.15, -0.1) is 0 Å². The average Bonchev–Trinajstić information content (AvgIpc) is 2.55. The van der Waals surface area contributed by atoms with Crippen LogP contribution >= 0.6 is 0 Å². The fourth-order valence-electron chi connectivity index (χ4n) is 2.23. The molecule has 1 amide bonds. The predicted molar refractivity (Wildman–Crippen MR) is 75.3 cm³/mol. The Bertz CT molecular complexity index is 362. The van der Waals surface area contributed by atoms with E-state index in [9.17, 15) is 13.2 Å². The fraction of sp³-hybridized carbons (Fsp3) is 0.917. The van der Waals surface area contributed by atoms with Crippen molar-refractivity contribution in [3.8, 4) is 0 Å². The Kier molecular flexibility index (Phi) is 7.33. The van der Waals surface area contributed by atoms with E-state index >= 15 is 0 Å². The summed E-state index contributed by atoms with van der Waals surface area (Å²) >= 11 is 0. The van der Waals surface area contributed by atoms with Crippen LogP contribution in [0.15, 0.2) is 0 Å². The van der Waals surface area contributed by atoms with Gasteiger partial charge in [0.2, 0.25) is 15.9 Å². The molecule has 1 aliphatic rings. The van der Waals surface area contributed by atoms with E-state index in [-0.39, 0.29) is 12.5 Å². The molecule has 112 valence electrons. The number of nitrogens with one attached hydrogen (secondary N) is 3. The second-order valence-electron chi connectivity index (χ2n) is 5.10. The molecular formula is C12H25N3O3S. The Balaban J connectivity index is 2.07. The van der Waals surface area contributed by atoms with Gasteiger partial charge in [0.25, 0.3) is 0 Å². The van der Waals surface area contributed by atoms with E-state index in [0.717, 1.165) is 19.1 Å². The van der Waals surface area contributed by atoms with E-state index < -0.39 is 10.0 Å². The highest BCUT2D eigenvalue weighted by Gasteiger charge is 2.14. The summed E-state index contributed by atoms with van der Waals surface area (Å²) in [5.41, 5.74) is 0. The van der Waals surface area contributed by atoms with E-state index in [2.05, 4.69) is 15.4 Å². The third-order valence-corrected chi connectivity index (χ3v) is 3.90. The van der Waals surface area contributed by atoms with Gasteiger partial charge in [0, 0.05) is 19.1 Å². The second kappa shape index (κ2) is 8.50. The summed E-state index contributed by atoms with van der Waals surface area (Å²) in [6.45, 7) is 0.989. The van der Waals surface area contributed by atoms with E-state index in [0.29, 0.717) is 19.1 Å². The minimum Gasteiger partial charge on any atom is -0.352 e. The summed E-state index contributed by atoms with van der Waals surface area (Å²) in [4.78, 5) is 11.7. The van der Waals surface area contributed by atoms with E-state index in [4.69, 9.17) is 0 Å². The molecular weight excluding hydrogens is 266 g/mol. The molecule has 0 spiro atoms. The zero-order valence-electron chi connectivity index (χ0n) is 11.6. The molecule has 0 atom stereocenters. The number of carbonyl (C=O) groups excluding carboxylic acids is 1. The van der Waals surface area contributed by atoms with Gasteiger partial charge in [0.05, 0.1) is 12.8 Å². The zero-order valence-corrected chi connectivity index (χ0v) is 12.4. The lowest BCUT2D eigenvalue weighted by Crippen LogP contribution is -2.41. The van der Waals surface area contributed by atoms with Crippen LogP contribution in [-0.2, 0) is 14.8 Å². The highest BCUT2D eigenvalue weighted by Crippen LogP contribution is 2.16. The summed E-state index contributed by atoms with van der Waals surface area (Å²) in [6.07, 6.45) is 8.17. The molecule has 6 nitrogen and oxygen atoms in total. The molecule has 0 heterocycles. The van der Waals surface area contributed by atoms with Crippen LogP contribution in [0.25, 0.3) is 0 Å². The predicted octanol–water partition coefficient (Wildman–Crippen LogP) is -0.0358. The molecule has 1 aliphatic carbocycles. The molecule has 0 saturated heterocycles.